The van der Waals surface area contributed by atoms with E-state index in [9.17, 15) is 0 Å². The van der Waals surface area contributed by atoms with Crippen molar-refractivity contribution in [2.24, 2.45) is 10.9 Å². The number of fused-ring (bicyclic) bond motifs is 1. The summed E-state index contributed by atoms with van der Waals surface area (Å²) >= 11 is 0. The first-order valence-electron chi connectivity index (χ1n) is 8.26. The van der Waals surface area contributed by atoms with Gasteiger partial charge in [-0.1, -0.05) is 31.2 Å². The zero-order valence-corrected chi connectivity index (χ0v) is 13.9. The zero-order valence-electron chi connectivity index (χ0n) is 13.9. The third-order valence-electron chi connectivity index (χ3n) is 4.31. The number of rotatable bonds is 4. The third kappa shape index (κ3) is 3.92. The first-order chi connectivity index (χ1) is 11.3. The molecule has 122 valence electrons. The molecule has 23 heavy (non-hydrogen) atoms. The molecule has 1 atom stereocenters. The smallest absolute Gasteiger partial charge is 0.193 e. The first-order valence-corrected chi connectivity index (χ1v) is 8.26. The lowest BCUT2D eigenvalue weighted by Gasteiger charge is -2.32. The fraction of sp³-hybridized carbons (Fsp3) is 0.444. The van der Waals surface area contributed by atoms with E-state index in [1.165, 1.54) is 11.1 Å². The maximum Gasteiger partial charge on any atom is 0.193 e. The minimum Gasteiger partial charge on any atom is -0.356 e. The Bertz CT molecular complexity index is 647. The number of benzene rings is 1. The van der Waals surface area contributed by atoms with Crippen molar-refractivity contribution >= 4 is 5.96 Å². The molecule has 0 radical (unpaired) electrons. The van der Waals surface area contributed by atoms with Gasteiger partial charge >= 0.3 is 0 Å². The highest BCUT2D eigenvalue weighted by molar-refractivity contribution is 5.80. The quantitative estimate of drug-likeness (QED) is 0.695. The van der Waals surface area contributed by atoms with Gasteiger partial charge in [-0.15, -0.1) is 0 Å². The van der Waals surface area contributed by atoms with E-state index in [4.69, 9.17) is 0 Å². The van der Waals surface area contributed by atoms with Gasteiger partial charge in [-0.05, 0) is 29.5 Å². The van der Waals surface area contributed by atoms with Crippen LogP contribution in [0.2, 0.25) is 0 Å². The van der Waals surface area contributed by atoms with Crippen LogP contribution in [0.5, 0.6) is 0 Å². The molecule has 1 aromatic heterocycles. The summed E-state index contributed by atoms with van der Waals surface area (Å²) in [5.41, 5.74) is 2.87. The highest BCUT2D eigenvalue weighted by atomic mass is 15.3. The van der Waals surface area contributed by atoms with Gasteiger partial charge in [0.05, 0.1) is 0 Å². The number of hydrogen-bond donors (Lipinski definition) is 1. The second-order valence-electron chi connectivity index (χ2n) is 6.20. The van der Waals surface area contributed by atoms with Gasteiger partial charge < -0.3 is 10.2 Å². The van der Waals surface area contributed by atoms with Crippen molar-refractivity contribution in [3.05, 3.63) is 53.9 Å². The molecule has 0 spiro atoms. The summed E-state index contributed by atoms with van der Waals surface area (Å²) in [7, 11) is 1.86. The van der Waals surface area contributed by atoms with Gasteiger partial charge in [0, 0.05) is 45.6 Å². The molecule has 1 N–H and O–H groups in total. The molecule has 0 bridgehead atoms. The molecule has 0 saturated carbocycles. The largest absolute Gasteiger partial charge is 0.356 e. The average molecular weight is 311 g/mol. The van der Waals surface area contributed by atoms with E-state index >= 15 is 0 Å². The van der Waals surface area contributed by atoms with Crippen LogP contribution in [0.3, 0.4) is 0 Å². The Morgan fingerprint density at radius 2 is 2.13 bits per heavy atom. The Morgan fingerprint density at radius 1 is 1.30 bits per heavy atom. The molecule has 5 heteroatoms. The minimum absolute atomic E-state index is 0.490. The van der Waals surface area contributed by atoms with Gasteiger partial charge in [-0.3, -0.25) is 9.67 Å². The van der Waals surface area contributed by atoms with Gasteiger partial charge in [-0.2, -0.15) is 5.10 Å². The SMILES string of the molecule is CN=C(NCC(C)Cn1cccn1)N1CCc2ccccc2C1. The maximum absolute atomic E-state index is 4.46. The molecule has 0 saturated heterocycles. The van der Waals surface area contributed by atoms with Crippen molar-refractivity contribution in [1.82, 2.24) is 20.0 Å². The van der Waals surface area contributed by atoms with Crippen LogP contribution in [0.15, 0.2) is 47.7 Å². The van der Waals surface area contributed by atoms with Gasteiger partial charge in [-0.25, -0.2) is 0 Å². The monoisotopic (exact) mass is 311 g/mol. The Hall–Kier alpha value is -2.30. The number of hydrogen-bond acceptors (Lipinski definition) is 2. The van der Waals surface area contributed by atoms with Crippen molar-refractivity contribution in [3.8, 4) is 0 Å². The fourth-order valence-corrected chi connectivity index (χ4v) is 3.07. The second kappa shape index (κ2) is 7.31. The van der Waals surface area contributed by atoms with Crippen LogP contribution in [-0.4, -0.2) is 40.8 Å². The molecular formula is C18H25N5. The van der Waals surface area contributed by atoms with E-state index in [-0.39, 0.29) is 0 Å². The molecule has 5 nitrogen and oxygen atoms in total. The van der Waals surface area contributed by atoms with Crippen LogP contribution in [0, 0.1) is 5.92 Å². The van der Waals surface area contributed by atoms with Crippen molar-refractivity contribution in [1.29, 1.82) is 0 Å². The van der Waals surface area contributed by atoms with Crippen molar-refractivity contribution in [2.45, 2.75) is 26.4 Å². The van der Waals surface area contributed by atoms with Gasteiger partial charge in [0.1, 0.15) is 0 Å². The molecule has 1 aromatic carbocycles. The van der Waals surface area contributed by atoms with Gasteiger partial charge in [0.15, 0.2) is 5.96 Å². The van der Waals surface area contributed by atoms with Crippen LogP contribution < -0.4 is 5.32 Å². The summed E-state index contributed by atoms with van der Waals surface area (Å²) in [6.45, 7) is 5.99. The molecule has 3 rings (SSSR count). The first kappa shape index (κ1) is 15.6. The van der Waals surface area contributed by atoms with E-state index in [0.29, 0.717) is 5.92 Å². The average Bonchev–Trinajstić information content (AvgIpc) is 3.08. The molecule has 2 aromatic rings. The summed E-state index contributed by atoms with van der Waals surface area (Å²) in [5, 5.41) is 7.78. The number of guanidine groups is 1. The van der Waals surface area contributed by atoms with Crippen LogP contribution >= 0.6 is 0 Å². The Kier molecular flexibility index (Phi) is 4.95. The summed E-state index contributed by atoms with van der Waals surface area (Å²) in [5.74, 6) is 1.48. The lowest BCUT2D eigenvalue weighted by Crippen LogP contribution is -2.45. The summed E-state index contributed by atoms with van der Waals surface area (Å²) in [6, 6.07) is 10.7. The minimum atomic E-state index is 0.490. The molecule has 0 amide bonds. The molecular weight excluding hydrogens is 286 g/mol. The molecule has 0 aliphatic carbocycles. The molecule has 0 fully saturated rings. The van der Waals surface area contributed by atoms with E-state index in [1.54, 1.807) is 0 Å². The lowest BCUT2D eigenvalue weighted by molar-refractivity contribution is 0.368. The topological polar surface area (TPSA) is 45.5 Å². The van der Waals surface area contributed by atoms with Gasteiger partial charge in [0.25, 0.3) is 0 Å². The normalized spacial score (nSPS) is 16.1. The Balaban J connectivity index is 1.54. The molecule has 2 heterocycles. The van der Waals surface area contributed by atoms with E-state index in [0.717, 1.165) is 38.6 Å². The number of aliphatic imine (C=N–C) groups is 1. The fourth-order valence-electron chi connectivity index (χ4n) is 3.07. The maximum atomic E-state index is 4.46. The van der Waals surface area contributed by atoms with E-state index in [1.807, 2.05) is 30.2 Å². The molecule has 1 unspecified atom stereocenters. The van der Waals surface area contributed by atoms with E-state index < -0.39 is 0 Å². The lowest BCUT2D eigenvalue weighted by atomic mass is 10.0. The highest BCUT2D eigenvalue weighted by Crippen LogP contribution is 2.18. The number of aromatic nitrogens is 2. The summed E-state index contributed by atoms with van der Waals surface area (Å²) in [4.78, 5) is 6.80. The van der Waals surface area contributed by atoms with Crippen molar-refractivity contribution in [2.75, 3.05) is 20.1 Å². The number of nitrogens with zero attached hydrogens (tertiary/aromatic N) is 4. The van der Waals surface area contributed by atoms with Crippen LogP contribution in [0.4, 0.5) is 0 Å². The Morgan fingerprint density at radius 3 is 2.87 bits per heavy atom. The molecule has 1 aliphatic heterocycles. The second-order valence-corrected chi connectivity index (χ2v) is 6.20. The van der Waals surface area contributed by atoms with Crippen LogP contribution in [0.1, 0.15) is 18.1 Å². The van der Waals surface area contributed by atoms with E-state index in [2.05, 4.69) is 51.5 Å². The summed E-state index contributed by atoms with van der Waals surface area (Å²) in [6.07, 6.45) is 4.91. The predicted octanol–water partition coefficient (Wildman–Crippen LogP) is 2.15. The predicted molar refractivity (Wildman–Crippen MR) is 93.3 cm³/mol. The van der Waals surface area contributed by atoms with Gasteiger partial charge in [0.2, 0.25) is 0 Å². The number of nitrogens with one attached hydrogen (secondary N) is 1. The Labute approximate surface area is 138 Å². The standard InChI is InChI=1S/C18H25N5/c1-15(13-23-10-5-9-21-23)12-20-18(19-2)22-11-8-16-6-3-4-7-17(16)14-22/h3-7,9-10,15H,8,11-14H2,1-2H3,(H,19,20). The molecule has 1 aliphatic rings. The van der Waals surface area contributed by atoms with Crippen molar-refractivity contribution in [3.63, 3.8) is 0 Å². The third-order valence-corrected chi connectivity index (χ3v) is 4.31. The highest BCUT2D eigenvalue weighted by Gasteiger charge is 2.18. The van der Waals surface area contributed by atoms with Crippen LogP contribution in [-0.2, 0) is 19.5 Å². The zero-order chi connectivity index (χ0) is 16.1. The van der Waals surface area contributed by atoms with Crippen LogP contribution in [0.25, 0.3) is 0 Å². The summed E-state index contributed by atoms with van der Waals surface area (Å²) < 4.78 is 1.98. The van der Waals surface area contributed by atoms with Crippen molar-refractivity contribution < 1.29 is 0 Å².